The summed E-state index contributed by atoms with van der Waals surface area (Å²) in [6.07, 6.45) is 2.06. The van der Waals surface area contributed by atoms with Crippen LogP contribution in [-0.4, -0.2) is 16.4 Å². The summed E-state index contributed by atoms with van der Waals surface area (Å²) in [4.78, 5) is 11.7. The molecule has 0 aromatic carbocycles. The second-order valence-electron chi connectivity index (χ2n) is 4.20. The summed E-state index contributed by atoms with van der Waals surface area (Å²) in [6.45, 7) is 8.41. The van der Waals surface area contributed by atoms with Gasteiger partial charge in [0.15, 0.2) is 0 Å². The molecule has 1 N–H and O–H groups in total. The molecule has 0 spiro atoms. The second-order valence-corrected chi connectivity index (χ2v) is 5.08. The van der Waals surface area contributed by atoms with Crippen molar-refractivity contribution < 1.29 is 4.79 Å². The van der Waals surface area contributed by atoms with E-state index in [1.54, 1.807) is 0 Å². The molecule has 0 rings (SSSR count). The quantitative estimate of drug-likeness (QED) is 0.593. The van der Waals surface area contributed by atoms with Crippen LogP contribution in [0.1, 0.15) is 40.5 Å². The minimum Gasteiger partial charge on any atom is -0.352 e. The lowest BCUT2D eigenvalue weighted by Gasteiger charge is -2.22. The first-order valence-corrected chi connectivity index (χ1v) is 6.91. The van der Waals surface area contributed by atoms with Crippen LogP contribution in [0.4, 0.5) is 0 Å². The van der Waals surface area contributed by atoms with Crippen molar-refractivity contribution in [2.45, 2.75) is 46.6 Å². The van der Waals surface area contributed by atoms with Crippen LogP contribution in [0.2, 0.25) is 0 Å². The monoisotopic (exact) mass is 311 g/mol. The van der Waals surface area contributed by atoms with Crippen LogP contribution < -0.4 is 5.32 Å². The first-order chi connectivity index (χ1) is 6.52. The van der Waals surface area contributed by atoms with E-state index in [2.05, 4.69) is 48.7 Å². The molecule has 2 atom stereocenters. The topological polar surface area (TPSA) is 29.1 Å². The largest absolute Gasteiger partial charge is 0.352 e. The van der Waals surface area contributed by atoms with Gasteiger partial charge in [0.05, 0.1) is 0 Å². The predicted molar refractivity (Wildman–Crippen MR) is 69.7 cm³/mol. The molecule has 2 nitrogen and oxygen atoms in total. The van der Waals surface area contributed by atoms with Crippen LogP contribution in [0.25, 0.3) is 0 Å². The first-order valence-electron chi connectivity index (χ1n) is 5.39. The van der Waals surface area contributed by atoms with Gasteiger partial charge in [0.25, 0.3) is 0 Å². The molecular formula is C11H22INO. The summed E-state index contributed by atoms with van der Waals surface area (Å²) in [6, 6.07) is 0.322. The summed E-state index contributed by atoms with van der Waals surface area (Å²) in [5.74, 6) is 0.885. The van der Waals surface area contributed by atoms with E-state index in [9.17, 15) is 4.79 Å². The molecule has 0 saturated carbocycles. The van der Waals surface area contributed by atoms with Crippen molar-refractivity contribution >= 4 is 28.5 Å². The lowest BCUT2D eigenvalue weighted by atomic mass is 10.0. The average Bonchev–Trinajstić information content (AvgIpc) is 2.13. The molecule has 0 aliphatic rings. The highest BCUT2D eigenvalue weighted by molar-refractivity contribution is 14.1. The minimum atomic E-state index is 0.157. The zero-order valence-electron chi connectivity index (χ0n) is 9.64. The van der Waals surface area contributed by atoms with Crippen molar-refractivity contribution in [1.82, 2.24) is 5.32 Å². The molecular weight excluding hydrogens is 289 g/mol. The maximum Gasteiger partial charge on any atom is 0.223 e. The molecule has 3 heteroatoms. The number of hydrogen-bond acceptors (Lipinski definition) is 1. The Morgan fingerprint density at radius 3 is 2.29 bits per heavy atom. The van der Waals surface area contributed by atoms with Crippen LogP contribution in [0.15, 0.2) is 0 Å². The van der Waals surface area contributed by atoms with E-state index in [-0.39, 0.29) is 11.8 Å². The molecule has 0 radical (unpaired) electrons. The summed E-state index contributed by atoms with van der Waals surface area (Å²) in [5.41, 5.74) is 0. The molecule has 0 aliphatic heterocycles. The highest BCUT2D eigenvalue weighted by atomic mass is 127. The van der Waals surface area contributed by atoms with E-state index >= 15 is 0 Å². The standard InChI is InChI=1S/C11H22INO/c1-5-6-9(4)11(14)13-10(7-12)8(2)3/h8-10H,5-7H2,1-4H3,(H,13,14). The fourth-order valence-electron chi connectivity index (χ4n) is 1.27. The highest BCUT2D eigenvalue weighted by Gasteiger charge is 2.18. The Morgan fingerprint density at radius 1 is 1.36 bits per heavy atom. The van der Waals surface area contributed by atoms with E-state index in [0.29, 0.717) is 12.0 Å². The Kier molecular flexibility index (Phi) is 7.59. The van der Waals surface area contributed by atoms with E-state index in [4.69, 9.17) is 0 Å². The number of rotatable bonds is 6. The third kappa shape index (κ3) is 5.17. The van der Waals surface area contributed by atoms with Crippen molar-refractivity contribution in [3.8, 4) is 0 Å². The summed E-state index contributed by atoms with van der Waals surface area (Å²) >= 11 is 2.33. The van der Waals surface area contributed by atoms with E-state index in [1.807, 2.05) is 6.92 Å². The van der Waals surface area contributed by atoms with Crippen molar-refractivity contribution in [1.29, 1.82) is 0 Å². The fourth-order valence-corrected chi connectivity index (χ4v) is 2.51. The first kappa shape index (κ1) is 14.2. The average molecular weight is 311 g/mol. The molecule has 0 aromatic heterocycles. The minimum absolute atomic E-state index is 0.157. The van der Waals surface area contributed by atoms with Crippen molar-refractivity contribution in [3.63, 3.8) is 0 Å². The molecule has 0 heterocycles. The Hall–Kier alpha value is 0.200. The molecule has 0 fully saturated rings. The third-order valence-electron chi connectivity index (χ3n) is 2.47. The van der Waals surface area contributed by atoms with E-state index in [0.717, 1.165) is 17.3 Å². The second kappa shape index (κ2) is 7.49. The van der Waals surface area contributed by atoms with Crippen molar-refractivity contribution in [2.24, 2.45) is 11.8 Å². The van der Waals surface area contributed by atoms with Crippen molar-refractivity contribution in [2.75, 3.05) is 4.43 Å². The van der Waals surface area contributed by atoms with Gasteiger partial charge in [-0.3, -0.25) is 4.79 Å². The van der Waals surface area contributed by atoms with Gasteiger partial charge in [0.1, 0.15) is 0 Å². The molecule has 0 bridgehead atoms. The molecule has 2 unspecified atom stereocenters. The van der Waals surface area contributed by atoms with E-state index < -0.39 is 0 Å². The number of halogens is 1. The lowest BCUT2D eigenvalue weighted by molar-refractivity contribution is -0.125. The molecule has 14 heavy (non-hydrogen) atoms. The van der Waals surface area contributed by atoms with Crippen LogP contribution in [-0.2, 0) is 4.79 Å². The third-order valence-corrected chi connectivity index (χ3v) is 3.42. The maximum absolute atomic E-state index is 11.7. The lowest BCUT2D eigenvalue weighted by Crippen LogP contribution is -2.42. The van der Waals surface area contributed by atoms with Gasteiger partial charge in [0, 0.05) is 16.4 Å². The van der Waals surface area contributed by atoms with Gasteiger partial charge >= 0.3 is 0 Å². The van der Waals surface area contributed by atoms with Gasteiger partial charge in [-0.25, -0.2) is 0 Å². The Balaban J connectivity index is 4.01. The van der Waals surface area contributed by atoms with E-state index in [1.165, 1.54) is 0 Å². The molecule has 0 aromatic rings. The fraction of sp³-hybridized carbons (Fsp3) is 0.909. The number of carbonyl (C=O) groups is 1. The van der Waals surface area contributed by atoms with Crippen LogP contribution >= 0.6 is 22.6 Å². The summed E-state index contributed by atoms with van der Waals surface area (Å²) in [5, 5.41) is 3.10. The normalized spacial score (nSPS) is 15.3. The van der Waals surface area contributed by atoms with Gasteiger partial charge in [-0.05, 0) is 12.3 Å². The zero-order valence-corrected chi connectivity index (χ0v) is 11.8. The van der Waals surface area contributed by atoms with Gasteiger partial charge in [-0.1, -0.05) is 56.7 Å². The smallest absolute Gasteiger partial charge is 0.223 e. The van der Waals surface area contributed by atoms with Crippen molar-refractivity contribution in [3.05, 3.63) is 0 Å². The number of carbonyl (C=O) groups excluding carboxylic acids is 1. The molecule has 84 valence electrons. The van der Waals surface area contributed by atoms with Gasteiger partial charge < -0.3 is 5.32 Å². The van der Waals surface area contributed by atoms with Crippen LogP contribution in [0.3, 0.4) is 0 Å². The van der Waals surface area contributed by atoms with Crippen LogP contribution in [0, 0.1) is 11.8 Å². The molecule has 1 amide bonds. The number of alkyl halides is 1. The maximum atomic E-state index is 11.7. The number of hydrogen-bond donors (Lipinski definition) is 1. The summed E-state index contributed by atoms with van der Waals surface area (Å²) in [7, 11) is 0. The van der Waals surface area contributed by atoms with Crippen LogP contribution in [0.5, 0.6) is 0 Å². The number of nitrogens with one attached hydrogen (secondary N) is 1. The summed E-state index contributed by atoms with van der Waals surface area (Å²) < 4.78 is 0.986. The SMILES string of the molecule is CCCC(C)C(=O)NC(CI)C(C)C. The predicted octanol–water partition coefficient (Wildman–Crippen LogP) is 3.00. The Labute approximate surface area is 101 Å². The van der Waals surface area contributed by atoms with Gasteiger partial charge in [-0.15, -0.1) is 0 Å². The van der Waals surface area contributed by atoms with Gasteiger partial charge in [0.2, 0.25) is 5.91 Å². The highest BCUT2D eigenvalue weighted by Crippen LogP contribution is 2.09. The Bertz CT molecular complexity index is 171. The molecule has 0 saturated heterocycles. The zero-order chi connectivity index (χ0) is 11.1. The Morgan fingerprint density at radius 2 is 1.93 bits per heavy atom. The molecule has 0 aliphatic carbocycles. The number of amides is 1. The van der Waals surface area contributed by atoms with Gasteiger partial charge in [-0.2, -0.15) is 0 Å².